The summed E-state index contributed by atoms with van der Waals surface area (Å²) in [7, 11) is 2.19. The van der Waals surface area contributed by atoms with E-state index in [9.17, 15) is 0 Å². The molecule has 204 valence electrons. The maximum atomic E-state index is 4.94. The highest BCUT2D eigenvalue weighted by atomic mass is 15.5. The van der Waals surface area contributed by atoms with Crippen molar-refractivity contribution < 1.29 is 0 Å². The first kappa shape index (κ1) is 23.6. The van der Waals surface area contributed by atoms with E-state index in [0.717, 1.165) is 29.3 Å². The fourth-order valence-electron chi connectivity index (χ4n) is 8.02. The van der Waals surface area contributed by atoms with E-state index in [4.69, 9.17) is 16.5 Å². The summed E-state index contributed by atoms with van der Waals surface area (Å²) in [5.74, 6) is 2.17. The smallest absolute Gasteiger partial charge is 0.178 e. The largest absolute Gasteiger partial charge is 0.335 e. The summed E-state index contributed by atoms with van der Waals surface area (Å²) >= 11 is 0. The SMILES string of the molecule is C=C1CC2c3ccccc3N3c4ccccc4N(c4ccccc4)C3C2C2N(C)c3nccnc3N2c2ccccc21. The Morgan fingerprint density at radius 2 is 1.24 bits per heavy atom. The zero-order valence-electron chi connectivity index (χ0n) is 23.4. The Kier molecular flexibility index (Phi) is 4.89. The number of para-hydroxylation sites is 5. The average molecular weight is 547 g/mol. The van der Waals surface area contributed by atoms with Crippen LogP contribution in [-0.4, -0.2) is 29.3 Å². The number of benzene rings is 4. The third kappa shape index (κ3) is 3.04. The van der Waals surface area contributed by atoms with E-state index in [1.165, 1.54) is 33.9 Å². The molecule has 1 aromatic heterocycles. The van der Waals surface area contributed by atoms with Gasteiger partial charge in [-0.1, -0.05) is 73.3 Å². The van der Waals surface area contributed by atoms with Gasteiger partial charge < -0.3 is 19.6 Å². The molecule has 0 amide bonds. The van der Waals surface area contributed by atoms with Gasteiger partial charge in [0.15, 0.2) is 11.6 Å². The molecule has 4 aromatic carbocycles. The van der Waals surface area contributed by atoms with Gasteiger partial charge in [0.2, 0.25) is 0 Å². The zero-order chi connectivity index (χ0) is 27.9. The van der Waals surface area contributed by atoms with Crippen molar-refractivity contribution in [3.63, 3.8) is 0 Å². The standard InChI is InChI=1S/C36H30N6/c1-23-22-27-26-15-7-9-17-29(26)41-31-19-11-10-18-30(31)40(24-12-4-3-5-13-24)36(41)32(27)35-39(2)33-34(38-21-20-37-33)42(35)28-16-8-6-14-25(23)28/h3-21,27,32,35-36H,1,22H2,2H3. The van der Waals surface area contributed by atoms with E-state index in [1.807, 2.05) is 12.4 Å². The van der Waals surface area contributed by atoms with Gasteiger partial charge >= 0.3 is 0 Å². The quantitative estimate of drug-likeness (QED) is 0.213. The molecule has 0 radical (unpaired) electrons. The number of anilines is 7. The lowest BCUT2D eigenvalue weighted by atomic mass is 9.72. The average Bonchev–Trinajstić information content (AvgIpc) is 3.53. The maximum Gasteiger partial charge on any atom is 0.178 e. The molecular weight excluding hydrogens is 516 g/mol. The summed E-state index contributed by atoms with van der Waals surface area (Å²) in [6, 6.07) is 37.4. The Labute approximate surface area is 245 Å². The lowest BCUT2D eigenvalue weighted by Crippen LogP contribution is -2.60. The molecular formula is C36H30N6. The van der Waals surface area contributed by atoms with Crippen molar-refractivity contribution >= 4 is 45.6 Å². The maximum absolute atomic E-state index is 4.94. The van der Waals surface area contributed by atoms with Crippen LogP contribution in [-0.2, 0) is 0 Å². The molecule has 0 aliphatic carbocycles. The lowest BCUT2D eigenvalue weighted by Gasteiger charge is -2.52. The van der Waals surface area contributed by atoms with Gasteiger partial charge in [-0.3, -0.25) is 0 Å². The fourth-order valence-corrected chi connectivity index (χ4v) is 8.02. The van der Waals surface area contributed by atoms with Crippen molar-refractivity contribution in [1.82, 2.24) is 9.97 Å². The van der Waals surface area contributed by atoms with E-state index in [-0.39, 0.29) is 24.2 Å². The van der Waals surface area contributed by atoms with Gasteiger partial charge in [-0.15, -0.1) is 0 Å². The van der Waals surface area contributed by atoms with E-state index in [0.29, 0.717) is 0 Å². The van der Waals surface area contributed by atoms with Crippen molar-refractivity contribution in [1.29, 1.82) is 0 Å². The minimum Gasteiger partial charge on any atom is -0.335 e. The Bertz CT molecular complexity index is 1870. The molecule has 0 saturated heterocycles. The molecule has 4 aliphatic rings. The predicted octanol–water partition coefficient (Wildman–Crippen LogP) is 7.84. The first-order valence-corrected chi connectivity index (χ1v) is 14.6. The second kappa shape index (κ2) is 8.70. The topological polar surface area (TPSA) is 38.7 Å². The third-order valence-electron chi connectivity index (χ3n) is 9.61. The molecule has 42 heavy (non-hydrogen) atoms. The van der Waals surface area contributed by atoms with Crippen LogP contribution in [0.4, 0.5) is 40.1 Å². The molecule has 5 heterocycles. The number of allylic oxidation sites excluding steroid dienone is 1. The van der Waals surface area contributed by atoms with Crippen LogP contribution in [0, 0.1) is 5.92 Å². The van der Waals surface area contributed by atoms with E-state index < -0.39 is 0 Å². The van der Waals surface area contributed by atoms with Crippen LogP contribution >= 0.6 is 0 Å². The predicted molar refractivity (Wildman–Crippen MR) is 170 cm³/mol. The number of hydrogen-bond acceptors (Lipinski definition) is 6. The number of nitrogens with zero attached hydrogens (tertiary/aromatic N) is 6. The summed E-state index contributed by atoms with van der Waals surface area (Å²) in [5.41, 5.74) is 9.78. The lowest BCUT2D eigenvalue weighted by molar-refractivity contribution is 0.286. The number of fused-ring (bicyclic) bond motifs is 14. The molecule has 0 spiro atoms. The van der Waals surface area contributed by atoms with Gasteiger partial charge in [-0.25, -0.2) is 9.97 Å². The Morgan fingerprint density at radius 1 is 0.619 bits per heavy atom. The summed E-state index contributed by atoms with van der Waals surface area (Å²) in [6.07, 6.45) is 4.49. The first-order chi connectivity index (χ1) is 20.7. The van der Waals surface area contributed by atoms with Crippen molar-refractivity contribution in [2.75, 3.05) is 26.6 Å². The molecule has 0 N–H and O–H groups in total. The van der Waals surface area contributed by atoms with E-state index in [1.54, 1.807) is 0 Å². The second-order valence-electron chi connectivity index (χ2n) is 11.6. The normalized spacial score (nSPS) is 23.1. The molecule has 0 fully saturated rings. The fraction of sp³-hybridized carbons (Fsp3) is 0.167. The van der Waals surface area contributed by atoms with Crippen LogP contribution in [0.25, 0.3) is 5.57 Å². The molecule has 5 aromatic rings. The molecule has 4 unspecified atom stereocenters. The van der Waals surface area contributed by atoms with Crippen molar-refractivity contribution in [3.05, 3.63) is 133 Å². The Hall–Kier alpha value is -5.10. The highest BCUT2D eigenvalue weighted by Crippen LogP contribution is 2.61. The summed E-state index contributed by atoms with van der Waals surface area (Å²) in [4.78, 5) is 19.8. The van der Waals surface area contributed by atoms with Crippen molar-refractivity contribution in [2.45, 2.75) is 24.7 Å². The third-order valence-corrected chi connectivity index (χ3v) is 9.61. The number of aromatic nitrogens is 2. The minimum absolute atomic E-state index is 0.0204. The molecule has 9 rings (SSSR count). The summed E-state index contributed by atoms with van der Waals surface area (Å²) in [6.45, 7) is 4.71. The zero-order valence-corrected chi connectivity index (χ0v) is 23.4. The summed E-state index contributed by atoms with van der Waals surface area (Å²) in [5, 5.41) is 0. The molecule has 0 bridgehead atoms. The Balaban J connectivity index is 1.36. The molecule has 6 nitrogen and oxygen atoms in total. The van der Waals surface area contributed by atoms with Crippen LogP contribution in [0.15, 0.2) is 122 Å². The van der Waals surface area contributed by atoms with Crippen LogP contribution in [0.3, 0.4) is 0 Å². The van der Waals surface area contributed by atoms with Crippen LogP contribution < -0.4 is 19.6 Å². The van der Waals surface area contributed by atoms with Crippen LogP contribution in [0.2, 0.25) is 0 Å². The van der Waals surface area contributed by atoms with Gasteiger partial charge in [0, 0.05) is 48.2 Å². The van der Waals surface area contributed by atoms with Gasteiger partial charge in [-0.2, -0.15) is 0 Å². The second-order valence-corrected chi connectivity index (χ2v) is 11.6. The number of rotatable bonds is 1. The highest BCUT2D eigenvalue weighted by molar-refractivity contribution is 5.92. The molecule has 4 aliphatic heterocycles. The highest BCUT2D eigenvalue weighted by Gasteiger charge is 2.57. The molecule has 4 atom stereocenters. The summed E-state index contributed by atoms with van der Waals surface area (Å²) < 4.78 is 0. The van der Waals surface area contributed by atoms with Gasteiger partial charge in [0.25, 0.3) is 0 Å². The van der Waals surface area contributed by atoms with Gasteiger partial charge in [0.05, 0.1) is 17.1 Å². The van der Waals surface area contributed by atoms with E-state index >= 15 is 0 Å². The van der Waals surface area contributed by atoms with Crippen LogP contribution in [0.5, 0.6) is 0 Å². The van der Waals surface area contributed by atoms with Gasteiger partial charge in [0.1, 0.15) is 12.3 Å². The Morgan fingerprint density at radius 3 is 2.02 bits per heavy atom. The van der Waals surface area contributed by atoms with Crippen molar-refractivity contribution in [3.8, 4) is 0 Å². The monoisotopic (exact) mass is 546 g/mol. The number of hydrogen-bond donors (Lipinski definition) is 0. The molecule has 6 heteroatoms. The molecule has 0 saturated carbocycles. The van der Waals surface area contributed by atoms with E-state index in [2.05, 4.69) is 130 Å². The minimum atomic E-state index is -0.0250. The van der Waals surface area contributed by atoms with Crippen molar-refractivity contribution in [2.24, 2.45) is 5.92 Å². The van der Waals surface area contributed by atoms with Crippen LogP contribution in [0.1, 0.15) is 23.5 Å². The first-order valence-electron chi connectivity index (χ1n) is 14.6. The van der Waals surface area contributed by atoms with Gasteiger partial charge in [-0.05, 0) is 54.0 Å².